The summed E-state index contributed by atoms with van der Waals surface area (Å²) in [6.45, 7) is 6.43. The first-order valence-electron chi connectivity index (χ1n) is 12.1. The summed E-state index contributed by atoms with van der Waals surface area (Å²) in [5.74, 6) is -0.434. The van der Waals surface area contributed by atoms with E-state index in [0.717, 1.165) is 13.1 Å². The standard InChI is InChI=1S/C27H32N2O7/c1-4-36-20-8-5-18(6-9-20)24-23(25(30)19-7-10-21(33-2)22(17-19)34-3)26(31)27(32)29(24)12-11-28-13-15-35-16-14-28/h5-10,17,24,30H,4,11-16H2,1-3H3. The van der Waals surface area contributed by atoms with E-state index in [4.69, 9.17) is 18.9 Å². The smallest absolute Gasteiger partial charge is 0.295 e. The highest BCUT2D eigenvalue weighted by Gasteiger charge is 2.44. The highest BCUT2D eigenvalue weighted by molar-refractivity contribution is 6.46. The molecule has 2 heterocycles. The van der Waals surface area contributed by atoms with E-state index in [9.17, 15) is 14.7 Å². The predicted molar refractivity (Wildman–Crippen MR) is 130 cm³/mol. The van der Waals surface area contributed by atoms with Crippen molar-refractivity contribution in [2.75, 3.05) is 60.2 Å². The van der Waals surface area contributed by atoms with Gasteiger partial charge in [-0.05, 0) is 42.3 Å². The van der Waals surface area contributed by atoms with Gasteiger partial charge >= 0.3 is 0 Å². The summed E-state index contributed by atoms with van der Waals surface area (Å²) in [5.41, 5.74) is 0.868. The number of hydrogen-bond donors (Lipinski definition) is 1. The maximum absolute atomic E-state index is 13.7. The zero-order valence-corrected chi connectivity index (χ0v) is 20.9. The molecule has 2 aliphatic heterocycles. The van der Waals surface area contributed by atoms with Crippen LogP contribution in [0.3, 0.4) is 0 Å². The summed E-state index contributed by atoms with van der Waals surface area (Å²) in [6, 6.07) is 11.1. The third kappa shape index (κ3) is 5.17. The highest BCUT2D eigenvalue weighted by Crippen LogP contribution is 2.40. The molecule has 0 radical (unpaired) electrons. The van der Waals surface area contributed by atoms with Crippen molar-refractivity contribution in [3.8, 4) is 17.2 Å². The molecule has 192 valence electrons. The second-order valence-electron chi connectivity index (χ2n) is 8.66. The number of ketones is 1. The minimum atomic E-state index is -0.790. The van der Waals surface area contributed by atoms with Crippen molar-refractivity contribution in [3.63, 3.8) is 0 Å². The van der Waals surface area contributed by atoms with Crippen molar-refractivity contribution in [2.45, 2.75) is 13.0 Å². The molecule has 0 aliphatic carbocycles. The molecule has 36 heavy (non-hydrogen) atoms. The zero-order valence-electron chi connectivity index (χ0n) is 20.9. The number of nitrogens with zero attached hydrogens (tertiary/aromatic N) is 1. The van der Waals surface area contributed by atoms with E-state index in [1.54, 1.807) is 36.4 Å². The number of Topliss-reactive ketones (excluding diaryl/α,β-unsaturated/α-hetero) is 1. The molecule has 2 saturated heterocycles. The Bertz CT molecular complexity index is 1120. The Hall–Kier alpha value is -3.56. The Morgan fingerprint density at radius 2 is 1.75 bits per heavy atom. The number of hydrogen-bond acceptors (Lipinski definition) is 7. The summed E-state index contributed by atoms with van der Waals surface area (Å²) in [6.07, 6.45) is 0. The lowest BCUT2D eigenvalue weighted by molar-refractivity contribution is -0.907. The number of carbonyl (C=O) groups is 2. The number of ether oxygens (including phenoxy) is 4. The SMILES string of the molecule is CCOc1ccc(C2C(=C([O-])c3ccc(OC)c(OC)c3)C(=O)C(=O)N2CC[NH+]2CCOCC2)cc1. The Kier molecular flexibility index (Phi) is 8.12. The number of amides is 1. The van der Waals surface area contributed by atoms with Gasteiger partial charge in [-0.3, -0.25) is 9.59 Å². The second-order valence-corrected chi connectivity index (χ2v) is 8.66. The number of rotatable bonds is 9. The van der Waals surface area contributed by atoms with Crippen LogP contribution in [-0.2, 0) is 14.3 Å². The average molecular weight is 497 g/mol. The molecule has 1 amide bonds. The second kappa shape index (κ2) is 11.5. The summed E-state index contributed by atoms with van der Waals surface area (Å²) in [4.78, 5) is 29.3. The molecule has 0 aromatic heterocycles. The number of methoxy groups -OCH3 is 2. The lowest BCUT2D eigenvalue weighted by Gasteiger charge is -2.30. The van der Waals surface area contributed by atoms with Crippen LogP contribution in [0.2, 0.25) is 0 Å². The minimum absolute atomic E-state index is 0.0617. The maximum atomic E-state index is 13.7. The maximum Gasteiger partial charge on any atom is 0.295 e. The molecule has 4 rings (SSSR count). The Balaban J connectivity index is 1.75. The predicted octanol–water partition coefficient (Wildman–Crippen LogP) is 0.242. The van der Waals surface area contributed by atoms with Crippen LogP contribution in [0.5, 0.6) is 17.2 Å². The van der Waals surface area contributed by atoms with E-state index in [1.165, 1.54) is 30.1 Å². The number of quaternary nitrogens is 1. The molecular formula is C27H32N2O7. The van der Waals surface area contributed by atoms with Crippen LogP contribution >= 0.6 is 0 Å². The molecule has 9 nitrogen and oxygen atoms in total. The fourth-order valence-electron chi connectivity index (χ4n) is 4.68. The van der Waals surface area contributed by atoms with Crippen LogP contribution in [-0.4, -0.2) is 76.8 Å². The number of nitrogens with one attached hydrogen (secondary N) is 1. The van der Waals surface area contributed by atoms with Gasteiger partial charge in [0.05, 0.1) is 53.2 Å². The van der Waals surface area contributed by atoms with Gasteiger partial charge in [-0.1, -0.05) is 24.0 Å². The molecular weight excluding hydrogens is 464 g/mol. The molecule has 1 unspecified atom stereocenters. The summed E-state index contributed by atoms with van der Waals surface area (Å²) in [5, 5.41) is 13.7. The van der Waals surface area contributed by atoms with Crippen LogP contribution in [0, 0.1) is 0 Å². The van der Waals surface area contributed by atoms with E-state index < -0.39 is 23.5 Å². The van der Waals surface area contributed by atoms with Gasteiger partial charge in [0, 0.05) is 5.57 Å². The molecule has 1 N–H and O–H groups in total. The molecule has 9 heteroatoms. The Morgan fingerprint density at radius 1 is 1.06 bits per heavy atom. The van der Waals surface area contributed by atoms with Crippen molar-refractivity contribution in [1.29, 1.82) is 0 Å². The van der Waals surface area contributed by atoms with Gasteiger partial charge in [-0.25, -0.2) is 0 Å². The van der Waals surface area contributed by atoms with Crippen LogP contribution in [0.25, 0.3) is 5.76 Å². The summed E-state index contributed by atoms with van der Waals surface area (Å²) >= 11 is 0. The van der Waals surface area contributed by atoms with Gasteiger partial charge < -0.3 is 33.9 Å². The normalized spacial score (nSPS) is 20.0. The van der Waals surface area contributed by atoms with Crippen LogP contribution in [0.15, 0.2) is 48.0 Å². The number of likely N-dealkylation sites (tertiary alicyclic amines) is 1. The first-order valence-corrected chi connectivity index (χ1v) is 12.1. The van der Waals surface area contributed by atoms with Crippen LogP contribution in [0.1, 0.15) is 24.1 Å². The average Bonchev–Trinajstić information content (AvgIpc) is 3.17. The lowest BCUT2D eigenvalue weighted by Crippen LogP contribution is -3.14. The van der Waals surface area contributed by atoms with Crippen LogP contribution in [0.4, 0.5) is 0 Å². The van der Waals surface area contributed by atoms with E-state index in [0.29, 0.717) is 55.7 Å². The molecule has 0 bridgehead atoms. The molecule has 2 aromatic carbocycles. The fourth-order valence-corrected chi connectivity index (χ4v) is 4.68. The third-order valence-electron chi connectivity index (χ3n) is 6.59. The third-order valence-corrected chi connectivity index (χ3v) is 6.59. The fraction of sp³-hybridized carbons (Fsp3) is 0.407. The first-order chi connectivity index (χ1) is 17.5. The molecule has 0 saturated carbocycles. The Labute approximate surface area is 210 Å². The molecule has 0 spiro atoms. The van der Waals surface area contributed by atoms with Gasteiger partial charge in [0.25, 0.3) is 5.91 Å². The van der Waals surface area contributed by atoms with Crippen molar-refractivity contribution >= 4 is 17.4 Å². The minimum Gasteiger partial charge on any atom is -0.872 e. The lowest BCUT2D eigenvalue weighted by atomic mass is 9.95. The monoisotopic (exact) mass is 496 g/mol. The van der Waals surface area contributed by atoms with Crippen molar-refractivity contribution in [3.05, 3.63) is 59.2 Å². The molecule has 2 aliphatic rings. The van der Waals surface area contributed by atoms with Crippen LogP contribution < -0.4 is 24.2 Å². The van der Waals surface area contributed by atoms with Crippen molar-refractivity contribution in [1.82, 2.24) is 4.90 Å². The summed E-state index contributed by atoms with van der Waals surface area (Å²) in [7, 11) is 2.98. The van der Waals surface area contributed by atoms with Gasteiger partial charge in [0.1, 0.15) is 18.8 Å². The zero-order chi connectivity index (χ0) is 25.7. The molecule has 2 fully saturated rings. The molecule has 1 atom stereocenters. The van der Waals surface area contributed by atoms with E-state index in [2.05, 4.69) is 0 Å². The van der Waals surface area contributed by atoms with Crippen molar-refractivity contribution in [2.24, 2.45) is 0 Å². The molecule has 2 aromatic rings. The quantitative estimate of drug-likeness (QED) is 0.302. The van der Waals surface area contributed by atoms with E-state index >= 15 is 0 Å². The largest absolute Gasteiger partial charge is 0.872 e. The number of benzene rings is 2. The number of carbonyl (C=O) groups excluding carboxylic acids is 2. The highest BCUT2D eigenvalue weighted by atomic mass is 16.5. The first kappa shape index (κ1) is 25.5. The van der Waals surface area contributed by atoms with Gasteiger partial charge in [-0.2, -0.15) is 0 Å². The van der Waals surface area contributed by atoms with Gasteiger partial charge in [0.2, 0.25) is 5.78 Å². The summed E-state index contributed by atoms with van der Waals surface area (Å²) < 4.78 is 21.6. The Morgan fingerprint density at radius 3 is 2.39 bits per heavy atom. The van der Waals surface area contributed by atoms with E-state index in [1.807, 2.05) is 6.92 Å². The van der Waals surface area contributed by atoms with Gasteiger partial charge in [0.15, 0.2) is 11.5 Å². The van der Waals surface area contributed by atoms with Gasteiger partial charge in [-0.15, -0.1) is 0 Å². The van der Waals surface area contributed by atoms with Crippen molar-refractivity contribution < 1.29 is 38.5 Å². The topological polar surface area (TPSA) is 102 Å². The van der Waals surface area contributed by atoms with E-state index in [-0.39, 0.29) is 11.1 Å². The number of morpholine rings is 1.